The van der Waals surface area contributed by atoms with Crippen LogP contribution in [0.4, 0.5) is 9.59 Å². The number of amides is 2. The molecule has 3 rings (SSSR count). The molecule has 2 aliphatic heterocycles. The van der Waals surface area contributed by atoms with Gasteiger partial charge >= 0.3 is 18.2 Å². The van der Waals surface area contributed by atoms with Crippen LogP contribution in [0, 0.1) is 0 Å². The van der Waals surface area contributed by atoms with Gasteiger partial charge in [0.1, 0.15) is 18.2 Å². The number of benzene rings is 1. The molecular formula is C25H35N3O6. The molecule has 0 spiro atoms. The van der Waals surface area contributed by atoms with Crippen molar-refractivity contribution < 1.29 is 28.6 Å². The zero-order chi connectivity index (χ0) is 24.7. The molecule has 0 radical (unpaired) electrons. The van der Waals surface area contributed by atoms with Crippen LogP contribution in [-0.2, 0) is 25.6 Å². The summed E-state index contributed by atoms with van der Waals surface area (Å²) >= 11 is 0. The predicted octanol–water partition coefficient (Wildman–Crippen LogP) is 3.09. The van der Waals surface area contributed by atoms with E-state index < -0.39 is 29.8 Å². The van der Waals surface area contributed by atoms with Crippen LogP contribution in [0.5, 0.6) is 0 Å². The number of alkyl carbamates (subject to hydrolysis) is 1. The van der Waals surface area contributed by atoms with Crippen molar-refractivity contribution in [3.8, 4) is 0 Å². The third-order valence-corrected chi connectivity index (χ3v) is 5.78. The fourth-order valence-corrected chi connectivity index (χ4v) is 4.22. The summed E-state index contributed by atoms with van der Waals surface area (Å²) in [6.07, 6.45) is 4.34. The van der Waals surface area contributed by atoms with Gasteiger partial charge in [0.05, 0.1) is 13.7 Å². The van der Waals surface area contributed by atoms with E-state index in [0.717, 1.165) is 5.56 Å². The number of nitrogens with zero attached hydrogens (tertiary/aromatic N) is 2. The van der Waals surface area contributed by atoms with E-state index in [1.807, 2.05) is 68.2 Å². The highest BCUT2D eigenvalue weighted by Crippen LogP contribution is 2.24. The monoisotopic (exact) mass is 473 g/mol. The number of carbonyl (C=O) groups is 3. The molecule has 2 aliphatic rings. The van der Waals surface area contributed by atoms with E-state index in [2.05, 4.69) is 5.32 Å². The Bertz CT molecular complexity index is 882. The highest BCUT2D eigenvalue weighted by Gasteiger charge is 2.42. The fourth-order valence-electron chi connectivity index (χ4n) is 4.22. The molecule has 3 unspecified atom stereocenters. The maximum absolute atomic E-state index is 12.8. The summed E-state index contributed by atoms with van der Waals surface area (Å²) < 4.78 is 16.0. The Morgan fingerprint density at radius 2 is 1.74 bits per heavy atom. The molecule has 3 atom stereocenters. The first kappa shape index (κ1) is 25.6. The van der Waals surface area contributed by atoms with Gasteiger partial charge in [-0.15, -0.1) is 0 Å². The lowest BCUT2D eigenvalue weighted by Crippen LogP contribution is -2.65. The van der Waals surface area contributed by atoms with E-state index in [9.17, 15) is 14.4 Å². The third kappa shape index (κ3) is 7.21. The highest BCUT2D eigenvalue weighted by molar-refractivity contribution is 5.78. The highest BCUT2D eigenvalue weighted by atomic mass is 16.6. The van der Waals surface area contributed by atoms with Gasteiger partial charge in [-0.05, 0) is 39.2 Å². The first-order valence-electron chi connectivity index (χ1n) is 11.6. The van der Waals surface area contributed by atoms with Crippen LogP contribution >= 0.6 is 0 Å². The summed E-state index contributed by atoms with van der Waals surface area (Å²) in [5.41, 5.74) is 0.286. The SMILES string of the molecule is COC(=O)C1CN(C(=O)OCc2ccccc2)CC2CC=CCC(NC(=O)OC(C)(C)C)CN21. The normalized spacial score (nSPS) is 23.2. The van der Waals surface area contributed by atoms with Crippen molar-refractivity contribution in [2.24, 2.45) is 0 Å². The summed E-state index contributed by atoms with van der Waals surface area (Å²) in [6.45, 7) is 6.58. The number of rotatable bonds is 4. The van der Waals surface area contributed by atoms with Crippen LogP contribution in [0.15, 0.2) is 42.5 Å². The minimum Gasteiger partial charge on any atom is -0.468 e. The summed E-state index contributed by atoms with van der Waals surface area (Å²) in [7, 11) is 1.34. The maximum Gasteiger partial charge on any atom is 0.410 e. The number of nitrogens with one attached hydrogen (secondary N) is 1. The number of fused-ring (bicyclic) bond motifs is 1. The average Bonchev–Trinajstić information content (AvgIpc) is 2.77. The van der Waals surface area contributed by atoms with Gasteiger partial charge in [0.15, 0.2) is 0 Å². The van der Waals surface area contributed by atoms with Gasteiger partial charge in [0.25, 0.3) is 0 Å². The Kier molecular flexibility index (Phi) is 8.55. The summed E-state index contributed by atoms with van der Waals surface area (Å²) in [5, 5.41) is 2.91. The van der Waals surface area contributed by atoms with E-state index in [4.69, 9.17) is 14.2 Å². The molecule has 0 aliphatic carbocycles. The molecule has 9 nitrogen and oxygen atoms in total. The zero-order valence-corrected chi connectivity index (χ0v) is 20.4. The van der Waals surface area contributed by atoms with Crippen LogP contribution < -0.4 is 5.32 Å². The lowest BCUT2D eigenvalue weighted by molar-refractivity contribution is -0.151. The van der Waals surface area contributed by atoms with Gasteiger partial charge in [-0.2, -0.15) is 0 Å². The number of carbonyl (C=O) groups excluding carboxylic acids is 3. The molecule has 9 heteroatoms. The molecule has 2 amide bonds. The van der Waals surface area contributed by atoms with Crippen LogP contribution in [0.3, 0.4) is 0 Å². The summed E-state index contributed by atoms with van der Waals surface area (Å²) in [4.78, 5) is 41.5. The van der Waals surface area contributed by atoms with Gasteiger partial charge < -0.3 is 24.4 Å². The minimum absolute atomic E-state index is 0.124. The summed E-state index contributed by atoms with van der Waals surface area (Å²) in [6, 6.07) is 8.41. The van der Waals surface area contributed by atoms with Gasteiger partial charge in [-0.1, -0.05) is 42.5 Å². The van der Waals surface area contributed by atoms with Crippen molar-refractivity contribution in [3.05, 3.63) is 48.0 Å². The predicted molar refractivity (Wildman–Crippen MR) is 126 cm³/mol. The number of esters is 1. The molecule has 1 fully saturated rings. The third-order valence-electron chi connectivity index (χ3n) is 5.78. The number of hydrogen-bond acceptors (Lipinski definition) is 7. The zero-order valence-electron chi connectivity index (χ0n) is 20.4. The topological polar surface area (TPSA) is 97.4 Å². The van der Waals surface area contributed by atoms with Crippen molar-refractivity contribution >= 4 is 18.2 Å². The van der Waals surface area contributed by atoms with E-state index in [0.29, 0.717) is 25.9 Å². The molecule has 2 heterocycles. The molecule has 1 aromatic rings. The van der Waals surface area contributed by atoms with Crippen LogP contribution in [-0.4, -0.2) is 78.4 Å². The lowest BCUT2D eigenvalue weighted by Gasteiger charge is -2.46. The Morgan fingerprint density at radius 3 is 2.41 bits per heavy atom. The molecule has 0 saturated carbocycles. The van der Waals surface area contributed by atoms with Crippen LogP contribution in [0.25, 0.3) is 0 Å². The van der Waals surface area contributed by atoms with E-state index in [1.54, 1.807) is 4.90 Å². The van der Waals surface area contributed by atoms with Crippen molar-refractivity contribution in [1.29, 1.82) is 0 Å². The Balaban J connectivity index is 1.70. The standard InChI is InChI=1S/C25H35N3O6/c1-25(2,3)34-23(30)26-19-12-8-9-13-20-15-27(16-21(22(29)32-4)28(20)14-19)24(31)33-17-18-10-6-5-7-11-18/h5-11,19-21H,12-17H2,1-4H3,(H,26,30). The smallest absolute Gasteiger partial charge is 0.410 e. The molecular weight excluding hydrogens is 438 g/mol. The van der Waals surface area contributed by atoms with E-state index in [1.165, 1.54) is 7.11 Å². The molecule has 0 aromatic heterocycles. The fraction of sp³-hybridized carbons (Fsp3) is 0.560. The molecule has 1 saturated heterocycles. The first-order chi connectivity index (χ1) is 16.2. The van der Waals surface area contributed by atoms with Gasteiger partial charge in [-0.25, -0.2) is 9.59 Å². The van der Waals surface area contributed by atoms with E-state index >= 15 is 0 Å². The Labute approximate surface area is 201 Å². The van der Waals surface area contributed by atoms with Crippen LogP contribution in [0.2, 0.25) is 0 Å². The maximum atomic E-state index is 12.8. The Morgan fingerprint density at radius 1 is 1.03 bits per heavy atom. The van der Waals surface area contributed by atoms with Gasteiger partial charge in [-0.3, -0.25) is 9.69 Å². The lowest BCUT2D eigenvalue weighted by atomic mass is 9.98. The van der Waals surface area contributed by atoms with Gasteiger partial charge in [0, 0.05) is 25.2 Å². The number of hydrogen-bond donors (Lipinski definition) is 1. The average molecular weight is 474 g/mol. The van der Waals surface area contributed by atoms with Gasteiger partial charge in [0.2, 0.25) is 0 Å². The van der Waals surface area contributed by atoms with Crippen molar-refractivity contribution in [2.75, 3.05) is 26.7 Å². The second-order valence-electron chi connectivity index (χ2n) is 9.62. The molecule has 1 N–H and O–H groups in total. The van der Waals surface area contributed by atoms with Crippen molar-refractivity contribution in [3.63, 3.8) is 0 Å². The number of ether oxygens (including phenoxy) is 3. The Hall–Kier alpha value is -3.07. The largest absolute Gasteiger partial charge is 0.468 e. The number of methoxy groups -OCH3 is 1. The quantitative estimate of drug-likeness (QED) is 0.408. The molecule has 34 heavy (non-hydrogen) atoms. The second kappa shape index (κ2) is 11.4. The number of piperazine rings is 1. The first-order valence-corrected chi connectivity index (χ1v) is 11.6. The molecule has 186 valence electrons. The molecule has 1 aromatic carbocycles. The van der Waals surface area contributed by atoms with Crippen molar-refractivity contribution in [1.82, 2.24) is 15.1 Å². The minimum atomic E-state index is -0.664. The van der Waals surface area contributed by atoms with Crippen molar-refractivity contribution in [2.45, 2.75) is 63.9 Å². The summed E-state index contributed by atoms with van der Waals surface area (Å²) in [5.74, 6) is -0.425. The van der Waals surface area contributed by atoms with Crippen LogP contribution in [0.1, 0.15) is 39.2 Å². The van der Waals surface area contributed by atoms with E-state index in [-0.39, 0.29) is 25.2 Å². The molecule has 0 bridgehead atoms. The second-order valence-corrected chi connectivity index (χ2v) is 9.62.